The Morgan fingerprint density at radius 3 is 2.62 bits per heavy atom. The zero-order valence-corrected chi connectivity index (χ0v) is 19.2. The van der Waals surface area contributed by atoms with Gasteiger partial charge in [-0.1, -0.05) is 37.3 Å². The number of thiazole rings is 1. The molecule has 0 saturated heterocycles. The molecule has 0 bridgehead atoms. The van der Waals surface area contributed by atoms with Crippen molar-refractivity contribution in [2.75, 3.05) is 13.6 Å². The summed E-state index contributed by atoms with van der Waals surface area (Å²) in [6, 6.07) is 13.7. The smallest absolute Gasteiger partial charge is 0.274 e. The molecule has 3 heterocycles. The zero-order chi connectivity index (χ0) is 22.7. The van der Waals surface area contributed by atoms with Crippen LogP contribution in [0.1, 0.15) is 45.8 Å². The molecular weight excluding hydrogens is 422 g/mol. The van der Waals surface area contributed by atoms with Crippen LogP contribution in [0.25, 0.3) is 4.96 Å². The molecule has 2 amide bonds. The van der Waals surface area contributed by atoms with E-state index in [-0.39, 0.29) is 23.8 Å². The van der Waals surface area contributed by atoms with Gasteiger partial charge >= 0.3 is 0 Å². The predicted molar refractivity (Wildman–Crippen MR) is 126 cm³/mol. The summed E-state index contributed by atoms with van der Waals surface area (Å²) in [5.41, 5.74) is 2.19. The van der Waals surface area contributed by atoms with Gasteiger partial charge in [0.1, 0.15) is 11.4 Å². The van der Waals surface area contributed by atoms with Gasteiger partial charge in [0, 0.05) is 56.6 Å². The molecule has 0 aliphatic rings. The van der Waals surface area contributed by atoms with Crippen LogP contribution in [0, 0.1) is 0 Å². The van der Waals surface area contributed by atoms with Crippen LogP contribution in [0.5, 0.6) is 0 Å². The van der Waals surface area contributed by atoms with E-state index in [1.54, 1.807) is 21.7 Å². The van der Waals surface area contributed by atoms with Gasteiger partial charge in [-0.15, -0.1) is 11.3 Å². The van der Waals surface area contributed by atoms with Gasteiger partial charge in [-0.3, -0.25) is 14.0 Å². The Morgan fingerprint density at radius 1 is 1.16 bits per heavy atom. The fourth-order valence-corrected chi connectivity index (χ4v) is 4.74. The molecule has 0 fully saturated rings. The molecule has 0 saturated carbocycles. The monoisotopic (exact) mass is 449 g/mol. The van der Waals surface area contributed by atoms with E-state index < -0.39 is 0 Å². The SMILES string of the molecule is CC(c1ccccc1)C(CCNC(=O)c1cccn1C)N(C)C(=O)c1cn2ccsc2n1. The Balaban J connectivity index is 1.51. The maximum Gasteiger partial charge on any atom is 0.274 e. The summed E-state index contributed by atoms with van der Waals surface area (Å²) in [5.74, 6) is -0.157. The van der Waals surface area contributed by atoms with Gasteiger partial charge in [-0.05, 0) is 24.1 Å². The minimum atomic E-state index is -0.123. The predicted octanol–water partition coefficient (Wildman–Crippen LogP) is 3.80. The molecule has 0 aliphatic carbocycles. The number of aromatic nitrogens is 3. The standard InChI is InChI=1S/C24H27N5O2S/c1-17(18-8-5-4-6-9-18)20(11-12-25-22(30)21-10-7-13-27(21)2)28(3)23(31)19-16-29-14-15-32-24(29)26-19/h4-10,13-17,20H,11-12H2,1-3H3,(H,25,30). The van der Waals surface area contributed by atoms with E-state index in [9.17, 15) is 9.59 Å². The van der Waals surface area contributed by atoms with E-state index >= 15 is 0 Å². The van der Waals surface area contributed by atoms with E-state index in [1.165, 1.54) is 11.3 Å². The fraction of sp³-hybridized carbons (Fsp3) is 0.292. The van der Waals surface area contributed by atoms with Crippen LogP contribution in [-0.4, -0.2) is 50.3 Å². The van der Waals surface area contributed by atoms with E-state index in [2.05, 4.69) is 29.4 Å². The summed E-state index contributed by atoms with van der Waals surface area (Å²) in [5, 5.41) is 4.94. The molecule has 2 atom stereocenters. The molecule has 0 aliphatic heterocycles. The lowest BCUT2D eigenvalue weighted by Gasteiger charge is -2.33. The normalized spacial score (nSPS) is 13.1. The topological polar surface area (TPSA) is 71.6 Å². The van der Waals surface area contributed by atoms with E-state index in [0.717, 1.165) is 10.5 Å². The number of nitrogens with one attached hydrogen (secondary N) is 1. The van der Waals surface area contributed by atoms with Gasteiger partial charge in [-0.25, -0.2) is 4.98 Å². The van der Waals surface area contributed by atoms with Crippen LogP contribution < -0.4 is 5.32 Å². The second-order valence-electron chi connectivity index (χ2n) is 7.95. The molecular formula is C24H27N5O2S. The molecule has 166 valence electrons. The van der Waals surface area contributed by atoms with Crippen LogP contribution >= 0.6 is 11.3 Å². The van der Waals surface area contributed by atoms with Gasteiger partial charge in [0.15, 0.2) is 4.96 Å². The first-order chi connectivity index (χ1) is 15.5. The maximum absolute atomic E-state index is 13.3. The number of carbonyl (C=O) groups is 2. The summed E-state index contributed by atoms with van der Waals surface area (Å²) >= 11 is 1.50. The summed E-state index contributed by atoms with van der Waals surface area (Å²) in [6.45, 7) is 2.58. The van der Waals surface area contributed by atoms with Crippen molar-refractivity contribution in [2.45, 2.75) is 25.3 Å². The van der Waals surface area contributed by atoms with Crippen LogP contribution in [0.2, 0.25) is 0 Å². The molecule has 2 unspecified atom stereocenters. The number of rotatable bonds is 8. The molecule has 0 radical (unpaired) electrons. The van der Waals surface area contributed by atoms with Crippen molar-refractivity contribution in [1.82, 2.24) is 24.2 Å². The number of nitrogens with zero attached hydrogens (tertiary/aromatic N) is 4. The number of hydrogen-bond acceptors (Lipinski definition) is 4. The number of aryl methyl sites for hydroxylation is 1. The van der Waals surface area contributed by atoms with Gasteiger partial charge in [0.05, 0.1) is 0 Å². The van der Waals surface area contributed by atoms with Crippen molar-refractivity contribution in [3.05, 3.63) is 83.4 Å². The Hall–Kier alpha value is -3.39. The molecule has 4 rings (SSSR count). The molecule has 3 aromatic heterocycles. The lowest BCUT2D eigenvalue weighted by molar-refractivity contribution is 0.0696. The average Bonchev–Trinajstić information content (AvgIpc) is 3.52. The third-order valence-electron chi connectivity index (χ3n) is 5.93. The maximum atomic E-state index is 13.3. The van der Waals surface area contributed by atoms with Gasteiger partial charge < -0.3 is 14.8 Å². The zero-order valence-electron chi connectivity index (χ0n) is 18.4. The minimum Gasteiger partial charge on any atom is -0.351 e. The number of fused-ring (bicyclic) bond motifs is 1. The number of amides is 2. The first-order valence-electron chi connectivity index (χ1n) is 10.6. The fourth-order valence-electron chi connectivity index (χ4n) is 4.04. The van der Waals surface area contributed by atoms with Crippen molar-refractivity contribution in [2.24, 2.45) is 7.05 Å². The highest BCUT2D eigenvalue weighted by Gasteiger charge is 2.28. The van der Waals surface area contributed by atoms with Crippen molar-refractivity contribution in [3.8, 4) is 0 Å². The third-order valence-corrected chi connectivity index (χ3v) is 6.71. The first-order valence-corrected chi connectivity index (χ1v) is 11.5. The van der Waals surface area contributed by atoms with Crippen molar-refractivity contribution >= 4 is 28.1 Å². The Bertz CT molecular complexity index is 1180. The largest absolute Gasteiger partial charge is 0.351 e. The molecule has 32 heavy (non-hydrogen) atoms. The second-order valence-corrected chi connectivity index (χ2v) is 8.82. The van der Waals surface area contributed by atoms with E-state index in [1.807, 2.05) is 60.5 Å². The van der Waals surface area contributed by atoms with Crippen LogP contribution in [0.4, 0.5) is 0 Å². The summed E-state index contributed by atoms with van der Waals surface area (Å²) in [7, 11) is 3.66. The number of hydrogen-bond donors (Lipinski definition) is 1. The highest BCUT2D eigenvalue weighted by Crippen LogP contribution is 2.26. The first kappa shape index (κ1) is 21.8. The number of imidazole rings is 1. The number of benzene rings is 1. The number of likely N-dealkylation sites (N-methyl/N-ethyl adjacent to an activating group) is 1. The van der Waals surface area contributed by atoms with Crippen molar-refractivity contribution in [1.29, 1.82) is 0 Å². The third kappa shape index (κ3) is 4.45. The summed E-state index contributed by atoms with van der Waals surface area (Å²) < 4.78 is 3.65. The molecule has 1 aromatic carbocycles. The summed E-state index contributed by atoms with van der Waals surface area (Å²) in [6.07, 6.45) is 6.13. The summed E-state index contributed by atoms with van der Waals surface area (Å²) in [4.78, 5) is 32.8. The van der Waals surface area contributed by atoms with Gasteiger partial charge in [-0.2, -0.15) is 0 Å². The second kappa shape index (κ2) is 9.40. The molecule has 8 heteroatoms. The Morgan fingerprint density at radius 2 is 1.94 bits per heavy atom. The van der Waals surface area contributed by atoms with E-state index in [4.69, 9.17) is 0 Å². The van der Waals surface area contributed by atoms with Gasteiger partial charge in [0.25, 0.3) is 11.8 Å². The molecule has 0 spiro atoms. The molecule has 7 nitrogen and oxygen atoms in total. The highest BCUT2D eigenvalue weighted by molar-refractivity contribution is 7.15. The Kier molecular flexibility index (Phi) is 6.41. The van der Waals surface area contributed by atoms with E-state index in [0.29, 0.717) is 24.4 Å². The Labute approximate surface area is 191 Å². The lowest BCUT2D eigenvalue weighted by Crippen LogP contribution is -2.42. The molecule has 1 N–H and O–H groups in total. The minimum absolute atomic E-state index is 0.0841. The van der Waals surface area contributed by atoms with Crippen LogP contribution in [-0.2, 0) is 7.05 Å². The molecule has 4 aromatic rings. The van der Waals surface area contributed by atoms with Crippen LogP contribution in [0.15, 0.2) is 66.4 Å². The average molecular weight is 450 g/mol. The van der Waals surface area contributed by atoms with Crippen molar-refractivity contribution < 1.29 is 9.59 Å². The lowest BCUT2D eigenvalue weighted by atomic mass is 9.90. The quantitative estimate of drug-likeness (QED) is 0.445. The highest BCUT2D eigenvalue weighted by atomic mass is 32.1. The van der Waals surface area contributed by atoms with Crippen LogP contribution in [0.3, 0.4) is 0 Å². The number of carbonyl (C=O) groups excluding carboxylic acids is 2. The van der Waals surface area contributed by atoms with Gasteiger partial charge in [0.2, 0.25) is 0 Å². The van der Waals surface area contributed by atoms with Crippen molar-refractivity contribution in [3.63, 3.8) is 0 Å².